The number of esters is 1. The van der Waals surface area contributed by atoms with Gasteiger partial charge in [-0.05, 0) is 19.1 Å². The number of ketones is 2. The summed E-state index contributed by atoms with van der Waals surface area (Å²) in [6.45, 7) is 6.98. The molecular formula is C17H19NO4. The number of hydrogen-bond acceptors (Lipinski definition) is 5. The molecule has 0 saturated heterocycles. The van der Waals surface area contributed by atoms with Crippen LogP contribution in [0.3, 0.4) is 0 Å². The van der Waals surface area contributed by atoms with E-state index in [0.717, 1.165) is 0 Å². The first-order valence-corrected chi connectivity index (χ1v) is 7.62. The molecule has 0 fully saturated rings. The molecule has 0 spiro atoms. The van der Waals surface area contributed by atoms with E-state index in [1.807, 2.05) is 13.8 Å². The Balaban J connectivity index is 2.21. The van der Waals surface area contributed by atoms with Crippen LogP contribution in [-0.2, 0) is 4.74 Å². The Morgan fingerprint density at radius 1 is 1.14 bits per heavy atom. The van der Waals surface area contributed by atoms with Crippen LogP contribution in [0.25, 0.3) is 0 Å². The molecule has 5 heteroatoms. The van der Waals surface area contributed by atoms with Crippen LogP contribution in [0.5, 0.6) is 0 Å². The molecule has 0 amide bonds. The summed E-state index contributed by atoms with van der Waals surface area (Å²) in [7, 11) is 0. The lowest BCUT2D eigenvalue weighted by atomic mass is 9.82. The third kappa shape index (κ3) is 2.12. The second kappa shape index (κ2) is 5.23. The van der Waals surface area contributed by atoms with Crippen molar-refractivity contribution in [3.05, 3.63) is 28.8 Å². The van der Waals surface area contributed by atoms with Gasteiger partial charge >= 0.3 is 5.97 Å². The molecule has 0 aromatic heterocycles. The minimum Gasteiger partial charge on any atom is -0.462 e. The number of carbonyl (C=O) groups is 3. The van der Waals surface area contributed by atoms with E-state index >= 15 is 0 Å². The van der Waals surface area contributed by atoms with Gasteiger partial charge in [-0.1, -0.05) is 13.8 Å². The van der Waals surface area contributed by atoms with Crippen LogP contribution in [-0.4, -0.2) is 37.2 Å². The van der Waals surface area contributed by atoms with Gasteiger partial charge < -0.3 is 9.64 Å². The number of anilines is 1. The van der Waals surface area contributed by atoms with Crippen molar-refractivity contribution in [2.75, 3.05) is 24.6 Å². The SMILES string of the molecule is CCOC(=O)c1cc2c3c(c1)C(=O)C(C)CN3CC(C)C2=O. The second-order valence-corrected chi connectivity index (χ2v) is 6.08. The summed E-state index contributed by atoms with van der Waals surface area (Å²) < 4.78 is 5.01. The maximum atomic E-state index is 12.5. The smallest absolute Gasteiger partial charge is 0.338 e. The zero-order valence-electron chi connectivity index (χ0n) is 13.0. The van der Waals surface area contributed by atoms with Crippen LogP contribution in [0.4, 0.5) is 5.69 Å². The lowest BCUT2D eigenvalue weighted by Gasteiger charge is -2.40. The molecule has 1 aromatic rings. The molecule has 5 nitrogen and oxygen atoms in total. The van der Waals surface area contributed by atoms with Gasteiger partial charge in [0, 0.05) is 36.1 Å². The van der Waals surface area contributed by atoms with Crippen LogP contribution >= 0.6 is 0 Å². The third-order valence-corrected chi connectivity index (χ3v) is 4.35. The Kier molecular flexibility index (Phi) is 3.51. The second-order valence-electron chi connectivity index (χ2n) is 6.08. The zero-order valence-corrected chi connectivity index (χ0v) is 13.0. The molecule has 116 valence electrons. The highest BCUT2D eigenvalue weighted by atomic mass is 16.5. The number of Topliss-reactive ketones (excluding diaryl/α,β-unsaturated/α-hetero) is 2. The van der Waals surface area contributed by atoms with E-state index in [-0.39, 0.29) is 35.6 Å². The van der Waals surface area contributed by atoms with E-state index in [4.69, 9.17) is 4.74 Å². The van der Waals surface area contributed by atoms with Gasteiger partial charge in [0.1, 0.15) is 0 Å². The van der Waals surface area contributed by atoms with E-state index in [1.54, 1.807) is 19.1 Å². The Morgan fingerprint density at radius 3 is 2.09 bits per heavy atom. The average molecular weight is 301 g/mol. The number of carbonyl (C=O) groups excluding carboxylic acids is 3. The Hall–Kier alpha value is -2.17. The molecule has 2 atom stereocenters. The van der Waals surface area contributed by atoms with Crippen molar-refractivity contribution < 1.29 is 19.1 Å². The highest BCUT2D eigenvalue weighted by molar-refractivity contribution is 6.15. The minimum atomic E-state index is -0.495. The molecule has 0 saturated carbocycles. The van der Waals surface area contributed by atoms with Gasteiger partial charge in [-0.15, -0.1) is 0 Å². The molecule has 22 heavy (non-hydrogen) atoms. The number of rotatable bonds is 2. The van der Waals surface area contributed by atoms with Crippen LogP contribution in [0.15, 0.2) is 12.1 Å². The molecule has 2 unspecified atom stereocenters. The largest absolute Gasteiger partial charge is 0.462 e. The maximum absolute atomic E-state index is 12.5. The monoisotopic (exact) mass is 301 g/mol. The highest BCUT2D eigenvalue weighted by Gasteiger charge is 2.38. The first-order valence-electron chi connectivity index (χ1n) is 7.62. The summed E-state index contributed by atoms with van der Waals surface area (Å²) in [5.74, 6) is -0.802. The molecule has 2 aliphatic rings. The van der Waals surface area contributed by atoms with Crippen molar-refractivity contribution in [3.63, 3.8) is 0 Å². The molecule has 3 rings (SSSR count). The summed E-state index contributed by atoms with van der Waals surface area (Å²) in [6.07, 6.45) is 0. The van der Waals surface area contributed by atoms with Crippen LogP contribution < -0.4 is 4.90 Å². The highest BCUT2D eigenvalue weighted by Crippen LogP contribution is 2.39. The normalized spacial score (nSPS) is 23.3. The summed E-state index contributed by atoms with van der Waals surface area (Å²) in [4.78, 5) is 39.1. The lowest BCUT2D eigenvalue weighted by Crippen LogP contribution is -2.46. The maximum Gasteiger partial charge on any atom is 0.338 e. The minimum absolute atomic E-state index is 0.0130. The van der Waals surface area contributed by atoms with Gasteiger partial charge in [-0.3, -0.25) is 9.59 Å². The topological polar surface area (TPSA) is 63.7 Å². The van der Waals surface area contributed by atoms with Gasteiger partial charge in [0.25, 0.3) is 0 Å². The van der Waals surface area contributed by atoms with Gasteiger partial charge in [-0.25, -0.2) is 4.79 Å². The van der Waals surface area contributed by atoms with Gasteiger partial charge in [0.2, 0.25) is 0 Å². The van der Waals surface area contributed by atoms with Gasteiger partial charge in [0.05, 0.1) is 17.9 Å². The molecule has 2 heterocycles. The lowest BCUT2D eigenvalue weighted by molar-refractivity contribution is 0.0526. The van der Waals surface area contributed by atoms with E-state index in [9.17, 15) is 14.4 Å². The first-order chi connectivity index (χ1) is 10.4. The predicted molar refractivity (Wildman–Crippen MR) is 81.6 cm³/mol. The van der Waals surface area contributed by atoms with Crippen LogP contribution in [0.2, 0.25) is 0 Å². The molecule has 1 aromatic carbocycles. The fourth-order valence-electron chi connectivity index (χ4n) is 3.30. The van der Waals surface area contributed by atoms with E-state index in [1.165, 1.54) is 0 Å². The number of ether oxygens (including phenoxy) is 1. The van der Waals surface area contributed by atoms with Crippen LogP contribution in [0.1, 0.15) is 51.8 Å². The van der Waals surface area contributed by atoms with Crippen molar-refractivity contribution in [2.24, 2.45) is 11.8 Å². The fraction of sp³-hybridized carbons (Fsp3) is 0.471. The summed E-state index contributed by atoms with van der Waals surface area (Å²) in [5, 5.41) is 0. The number of benzene rings is 1. The van der Waals surface area contributed by atoms with E-state index in [2.05, 4.69) is 4.90 Å². The van der Waals surface area contributed by atoms with Crippen molar-refractivity contribution in [3.8, 4) is 0 Å². The Labute approximate surface area is 129 Å². The quantitative estimate of drug-likeness (QED) is 0.785. The first kappa shape index (κ1) is 14.8. The molecule has 0 aliphatic carbocycles. The van der Waals surface area contributed by atoms with Gasteiger partial charge in [-0.2, -0.15) is 0 Å². The predicted octanol–water partition coefficient (Wildman–Crippen LogP) is 2.33. The molecule has 0 bridgehead atoms. The van der Waals surface area contributed by atoms with Crippen molar-refractivity contribution in [2.45, 2.75) is 20.8 Å². The Bertz CT molecular complexity index is 634. The summed E-state index contributed by atoms with van der Waals surface area (Å²) in [6, 6.07) is 3.15. The average Bonchev–Trinajstić information content (AvgIpc) is 2.49. The van der Waals surface area contributed by atoms with Crippen LogP contribution in [0, 0.1) is 11.8 Å². The number of hydrogen-bond donors (Lipinski definition) is 0. The molecule has 0 N–H and O–H groups in total. The van der Waals surface area contributed by atoms with E-state index < -0.39 is 5.97 Å². The summed E-state index contributed by atoms with van der Waals surface area (Å²) in [5.41, 5.74) is 1.92. The fourth-order valence-corrected chi connectivity index (χ4v) is 3.30. The van der Waals surface area contributed by atoms with Crippen molar-refractivity contribution in [1.29, 1.82) is 0 Å². The number of nitrogens with zero attached hydrogens (tertiary/aromatic N) is 1. The molecular weight excluding hydrogens is 282 g/mol. The Morgan fingerprint density at radius 2 is 1.64 bits per heavy atom. The molecule has 2 aliphatic heterocycles. The van der Waals surface area contributed by atoms with E-state index in [0.29, 0.717) is 29.9 Å². The van der Waals surface area contributed by atoms with Crippen molar-refractivity contribution in [1.82, 2.24) is 0 Å². The third-order valence-electron chi connectivity index (χ3n) is 4.35. The molecule has 0 radical (unpaired) electrons. The van der Waals surface area contributed by atoms with Gasteiger partial charge in [0.15, 0.2) is 11.6 Å². The standard InChI is InChI=1S/C17H19NO4/c1-4-22-17(21)11-5-12-14-13(6-11)16(20)10(3)8-18(14)7-9(2)15(12)19/h5-6,9-10H,4,7-8H2,1-3H3. The van der Waals surface area contributed by atoms with Crippen molar-refractivity contribution >= 4 is 23.2 Å². The summed E-state index contributed by atoms with van der Waals surface area (Å²) >= 11 is 0. The zero-order chi connectivity index (χ0) is 16.0.